The van der Waals surface area contributed by atoms with Crippen molar-refractivity contribution in [1.29, 1.82) is 0 Å². The Kier molecular flexibility index (Phi) is 5.23. The summed E-state index contributed by atoms with van der Waals surface area (Å²) >= 11 is 3.06. The molecule has 0 saturated carbocycles. The van der Waals surface area contributed by atoms with E-state index < -0.39 is 0 Å². The molecule has 0 atom stereocenters. The summed E-state index contributed by atoms with van der Waals surface area (Å²) in [5.41, 5.74) is 2.13. The number of rotatable bonds is 5. The fourth-order valence-corrected chi connectivity index (χ4v) is 6.00. The maximum absolute atomic E-state index is 13.1. The predicted molar refractivity (Wildman–Crippen MR) is 121 cm³/mol. The molecule has 0 fully saturated rings. The van der Waals surface area contributed by atoms with Crippen molar-refractivity contribution in [3.63, 3.8) is 0 Å². The second kappa shape index (κ2) is 8.16. The second-order valence-corrected chi connectivity index (χ2v) is 9.56. The third kappa shape index (κ3) is 3.70. The van der Waals surface area contributed by atoms with Crippen LogP contribution in [0.5, 0.6) is 0 Å². The molecular weight excluding hydrogens is 414 g/mol. The molecule has 152 valence electrons. The highest BCUT2D eigenvalue weighted by atomic mass is 32.1. The number of nitrogens with one attached hydrogen (secondary N) is 1. The van der Waals surface area contributed by atoms with Gasteiger partial charge in [0.25, 0.3) is 11.5 Å². The molecule has 1 aliphatic carbocycles. The van der Waals surface area contributed by atoms with Crippen molar-refractivity contribution < 1.29 is 4.79 Å². The van der Waals surface area contributed by atoms with Gasteiger partial charge in [0.1, 0.15) is 10.7 Å². The molecule has 0 saturated heterocycles. The summed E-state index contributed by atoms with van der Waals surface area (Å²) in [4.78, 5) is 38.3. The maximum atomic E-state index is 13.1. The molecule has 7 heteroatoms. The molecule has 4 aromatic rings. The summed E-state index contributed by atoms with van der Waals surface area (Å²) in [6.45, 7) is 0.722. The lowest BCUT2D eigenvalue weighted by atomic mass is 9.97. The molecular formula is C23H21N3O2S2. The third-order valence-electron chi connectivity index (χ3n) is 5.45. The number of carbonyl (C=O) groups excluding carboxylic acids is 1. The number of aromatic amines is 1. The average Bonchev–Trinajstić information content (AvgIpc) is 3.41. The Labute approximate surface area is 182 Å². The number of carbonyl (C=O) groups is 1. The van der Waals surface area contributed by atoms with Gasteiger partial charge in [-0.1, -0.05) is 36.4 Å². The van der Waals surface area contributed by atoms with E-state index in [9.17, 15) is 9.59 Å². The Morgan fingerprint density at radius 2 is 1.90 bits per heavy atom. The minimum atomic E-state index is -0.0855. The van der Waals surface area contributed by atoms with Gasteiger partial charge in [0, 0.05) is 11.4 Å². The van der Waals surface area contributed by atoms with Crippen LogP contribution in [0.1, 0.15) is 44.3 Å². The lowest BCUT2D eigenvalue weighted by Gasteiger charge is -2.22. The monoisotopic (exact) mass is 435 g/mol. The first-order chi connectivity index (χ1) is 14.7. The van der Waals surface area contributed by atoms with E-state index in [1.54, 1.807) is 16.2 Å². The summed E-state index contributed by atoms with van der Waals surface area (Å²) in [6.07, 6.45) is 4.28. The molecule has 5 rings (SSSR count). The van der Waals surface area contributed by atoms with E-state index in [1.165, 1.54) is 28.2 Å². The van der Waals surface area contributed by atoms with Crippen molar-refractivity contribution in [1.82, 2.24) is 14.9 Å². The summed E-state index contributed by atoms with van der Waals surface area (Å²) in [5.74, 6) is 0.481. The van der Waals surface area contributed by atoms with E-state index in [0.717, 1.165) is 35.0 Å². The van der Waals surface area contributed by atoms with Gasteiger partial charge in [0.05, 0.1) is 16.8 Å². The first kappa shape index (κ1) is 19.2. The number of amides is 1. The SMILES string of the molecule is O=C(c1cccs1)N(Cc1ccccc1)Cc1nc2sc3c(c2c(=O)[nH]1)CCCC3. The van der Waals surface area contributed by atoms with Gasteiger partial charge in [-0.3, -0.25) is 9.59 Å². The van der Waals surface area contributed by atoms with Gasteiger partial charge < -0.3 is 9.88 Å². The van der Waals surface area contributed by atoms with E-state index in [0.29, 0.717) is 17.2 Å². The van der Waals surface area contributed by atoms with E-state index >= 15 is 0 Å². The van der Waals surface area contributed by atoms with Crippen LogP contribution in [0.3, 0.4) is 0 Å². The van der Waals surface area contributed by atoms with Gasteiger partial charge in [-0.25, -0.2) is 4.98 Å². The highest BCUT2D eigenvalue weighted by molar-refractivity contribution is 7.18. The number of H-pyrrole nitrogens is 1. The lowest BCUT2D eigenvalue weighted by molar-refractivity contribution is 0.0730. The van der Waals surface area contributed by atoms with Crippen LogP contribution in [0.4, 0.5) is 0 Å². The smallest absolute Gasteiger partial charge is 0.264 e. The zero-order chi connectivity index (χ0) is 20.5. The van der Waals surface area contributed by atoms with Gasteiger partial charge in [0.2, 0.25) is 0 Å². The molecule has 0 unspecified atom stereocenters. The molecule has 1 aromatic carbocycles. The zero-order valence-corrected chi connectivity index (χ0v) is 18.0. The Morgan fingerprint density at radius 1 is 1.07 bits per heavy atom. The van der Waals surface area contributed by atoms with E-state index in [1.807, 2.05) is 47.8 Å². The Morgan fingerprint density at radius 3 is 2.70 bits per heavy atom. The number of hydrogen-bond donors (Lipinski definition) is 1. The number of nitrogens with zero attached hydrogens (tertiary/aromatic N) is 2. The van der Waals surface area contributed by atoms with Gasteiger partial charge >= 0.3 is 0 Å². The standard InChI is InChI=1S/C23H21N3O2S2/c27-21-20-16-9-4-5-10-17(16)30-22(20)25-19(24-21)14-26(13-15-7-2-1-3-8-15)23(28)18-11-6-12-29-18/h1-3,6-8,11-12H,4-5,9-10,13-14H2,(H,24,25,27). The van der Waals surface area contributed by atoms with Crippen molar-refractivity contribution >= 4 is 38.8 Å². The van der Waals surface area contributed by atoms with Crippen molar-refractivity contribution in [2.45, 2.75) is 38.8 Å². The van der Waals surface area contributed by atoms with Crippen LogP contribution in [-0.2, 0) is 25.9 Å². The summed E-state index contributed by atoms with van der Waals surface area (Å²) in [5, 5.41) is 2.65. The molecule has 0 spiro atoms. The fraction of sp³-hybridized carbons (Fsp3) is 0.261. The summed E-state index contributed by atoms with van der Waals surface area (Å²) in [7, 11) is 0. The Balaban J connectivity index is 1.50. The van der Waals surface area contributed by atoms with E-state index in [4.69, 9.17) is 4.98 Å². The number of benzene rings is 1. The second-order valence-electron chi connectivity index (χ2n) is 7.53. The van der Waals surface area contributed by atoms with Crippen LogP contribution in [0.25, 0.3) is 10.2 Å². The zero-order valence-electron chi connectivity index (χ0n) is 16.4. The molecule has 30 heavy (non-hydrogen) atoms. The van der Waals surface area contributed by atoms with Crippen LogP contribution in [0, 0.1) is 0 Å². The molecule has 3 aromatic heterocycles. The molecule has 1 N–H and O–H groups in total. The minimum Gasteiger partial charge on any atom is -0.326 e. The molecule has 0 bridgehead atoms. The molecule has 3 heterocycles. The van der Waals surface area contributed by atoms with Crippen LogP contribution >= 0.6 is 22.7 Å². The van der Waals surface area contributed by atoms with Gasteiger partial charge in [-0.05, 0) is 48.3 Å². The number of hydrogen-bond acceptors (Lipinski definition) is 5. The topological polar surface area (TPSA) is 66.1 Å². The first-order valence-electron chi connectivity index (χ1n) is 10.1. The van der Waals surface area contributed by atoms with E-state index in [2.05, 4.69) is 4.98 Å². The molecule has 0 radical (unpaired) electrons. The van der Waals surface area contributed by atoms with Crippen LogP contribution in [0.2, 0.25) is 0 Å². The van der Waals surface area contributed by atoms with Crippen LogP contribution in [-0.4, -0.2) is 20.8 Å². The van der Waals surface area contributed by atoms with Crippen molar-refractivity contribution in [2.24, 2.45) is 0 Å². The number of fused-ring (bicyclic) bond motifs is 3. The van der Waals surface area contributed by atoms with Crippen LogP contribution < -0.4 is 5.56 Å². The first-order valence-corrected chi connectivity index (χ1v) is 11.8. The number of aryl methyl sites for hydroxylation is 2. The highest BCUT2D eigenvalue weighted by Gasteiger charge is 2.22. The van der Waals surface area contributed by atoms with Gasteiger partial charge in [-0.2, -0.15) is 0 Å². The minimum absolute atomic E-state index is 0.0536. The van der Waals surface area contributed by atoms with E-state index in [-0.39, 0.29) is 18.0 Å². The fourth-order valence-electron chi connectivity index (χ4n) is 4.02. The summed E-state index contributed by atoms with van der Waals surface area (Å²) < 4.78 is 0. The highest BCUT2D eigenvalue weighted by Crippen LogP contribution is 2.33. The normalized spacial score (nSPS) is 13.3. The Hall–Kier alpha value is -2.77. The quantitative estimate of drug-likeness (QED) is 0.491. The van der Waals surface area contributed by atoms with Crippen LogP contribution in [0.15, 0.2) is 52.6 Å². The predicted octanol–water partition coefficient (Wildman–Crippen LogP) is 4.77. The largest absolute Gasteiger partial charge is 0.326 e. The molecule has 1 amide bonds. The van der Waals surface area contributed by atoms with Gasteiger partial charge in [0.15, 0.2) is 0 Å². The molecule has 1 aliphatic rings. The van der Waals surface area contributed by atoms with Crippen molar-refractivity contribution in [3.8, 4) is 0 Å². The van der Waals surface area contributed by atoms with Gasteiger partial charge in [-0.15, -0.1) is 22.7 Å². The van der Waals surface area contributed by atoms with Crippen molar-refractivity contribution in [3.05, 3.63) is 84.9 Å². The van der Waals surface area contributed by atoms with Crippen molar-refractivity contribution in [2.75, 3.05) is 0 Å². The maximum Gasteiger partial charge on any atom is 0.264 e. The third-order valence-corrected chi connectivity index (χ3v) is 7.49. The number of aromatic nitrogens is 2. The number of thiophene rings is 2. The summed E-state index contributed by atoms with van der Waals surface area (Å²) in [6, 6.07) is 13.6. The lowest BCUT2D eigenvalue weighted by Crippen LogP contribution is -2.31. The average molecular weight is 436 g/mol. The Bertz CT molecular complexity index is 1240. The molecule has 5 nitrogen and oxygen atoms in total. The molecule has 0 aliphatic heterocycles.